The standard InChI is InChI=1S/C11H14N2O/c1-7(2)11-8(3)6-9-4-5-10(14)12-13(9)11/h4-7H,1-3H3,(H,12,14). The highest BCUT2D eigenvalue weighted by atomic mass is 16.3. The molecule has 0 radical (unpaired) electrons. The van der Waals surface area contributed by atoms with Gasteiger partial charge in [-0.3, -0.25) is 0 Å². The van der Waals surface area contributed by atoms with E-state index >= 15 is 0 Å². The second kappa shape index (κ2) is 3.01. The first-order valence-electron chi connectivity index (χ1n) is 4.78. The molecule has 2 aromatic heterocycles. The number of aromatic hydroxyl groups is 1. The molecule has 0 unspecified atom stereocenters. The summed E-state index contributed by atoms with van der Waals surface area (Å²) in [4.78, 5) is 0. The van der Waals surface area contributed by atoms with Crippen molar-refractivity contribution in [2.75, 3.05) is 0 Å². The quantitative estimate of drug-likeness (QED) is 0.750. The number of nitrogens with zero attached hydrogens (tertiary/aromatic N) is 2. The van der Waals surface area contributed by atoms with Crippen LogP contribution < -0.4 is 0 Å². The fourth-order valence-electron chi connectivity index (χ4n) is 1.89. The van der Waals surface area contributed by atoms with Crippen molar-refractivity contribution in [3.8, 4) is 5.88 Å². The van der Waals surface area contributed by atoms with E-state index in [9.17, 15) is 5.11 Å². The van der Waals surface area contributed by atoms with Crippen molar-refractivity contribution < 1.29 is 5.11 Å². The summed E-state index contributed by atoms with van der Waals surface area (Å²) in [6.45, 7) is 6.32. The maximum atomic E-state index is 9.31. The lowest BCUT2D eigenvalue weighted by Gasteiger charge is -2.06. The van der Waals surface area contributed by atoms with Crippen molar-refractivity contribution in [1.29, 1.82) is 0 Å². The molecule has 0 amide bonds. The largest absolute Gasteiger partial charge is 0.492 e. The first kappa shape index (κ1) is 9.06. The number of hydrogen-bond donors (Lipinski definition) is 1. The van der Waals surface area contributed by atoms with Gasteiger partial charge in [-0.15, -0.1) is 5.10 Å². The highest BCUT2D eigenvalue weighted by molar-refractivity contribution is 5.53. The average molecular weight is 190 g/mol. The molecule has 1 N–H and O–H groups in total. The molecule has 0 aliphatic rings. The zero-order chi connectivity index (χ0) is 10.3. The third kappa shape index (κ3) is 1.25. The second-order valence-corrected chi connectivity index (χ2v) is 3.90. The molecule has 0 fully saturated rings. The van der Waals surface area contributed by atoms with Crippen molar-refractivity contribution in [1.82, 2.24) is 9.61 Å². The van der Waals surface area contributed by atoms with E-state index < -0.39 is 0 Å². The number of aryl methyl sites for hydroxylation is 1. The van der Waals surface area contributed by atoms with E-state index in [1.54, 1.807) is 6.07 Å². The molecule has 0 spiro atoms. The normalized spacial score (nSPS) is 11.4. The van der Waals surface area contributed by atoms with Gasteiger partial charge in [0, 0.05) is 11.8 Å². The lowest BCUT2D eigenvalue weighted by atomic mass is 10.1. The van der Waals surface area contributed by atoms with Crippen LogP contribution in [-0.2, 0) is 0 Å². The fourth-order valence-corrected chi connectivity index (χ4v) is 1.89. The van der Waals surface area contributed by atoms with Gasteiger partial charge in [0.25, 0.3) is 0 Å². The van der Waals surface area contributed by atoms with Gasteiger partial charge in [-0.2, -0.15) is 0 Å². The SMILES string of the molecule is Cc1cc2ccc(O)nn2c1C(C)C. The monoisotopic (exact) mass is 190 g/mol. The Bertz CT molecular complexity index is 471. The second-order valence-electron chi connectivity index (χ2n) is 3.90. The molecule has 0 aliphatic heterocycles. The molecule has 3 nitrogen and oxygen atoms in total. The molecule has 0 atom stereocenters. The van der Waals surface area contributed by atoms with Gasteiger partial charge in [0.2, 0.25) is 5.88 Å². The van der Waals surface area contributed by atoms with Crippen LogP contribution in [0.15, 0.2) is 18.2 Å². The van der Waals surface area contributed by atoms with E-state index in [-0.39, 0.29) is 5.88 Å². The Morgan fingerprint density at radius 3 is 2.71 bits per heavy atom. The summed E-state index contributed by atoms with van der Waals surface area (Å²) in [5, 5.41) is 13.4. The van der Waals surface area contributed by atoms with Gasteiger partial charge in [-0.25, -0.2) is 4.52 Å². The molecule has 0 saturated carbocycles. The van der Waals surface area contributed by atoms with Crippen LogP contribution in [0.4, 0.5) is 0 Å². The van der Waals surface area contributed by atoms with Crippen LogP contribution >= 0.6 is 0 Å². The Balaban J connectivity index is 2.79. The van der Waals surface area contributed by atoms with Crippen molar-refractivity contribution in [2.45, 2.75) is 26.7 Å². The minimum atomic E-state index is 0.0648. The van der Waals surface area contributed by atoms with Crippen LogP contribution in [-0.4, -0.2) is 14.7 Å². The molecule has 14 heavy (non-hydrogen) atoms. The van der Waals surface area contributed by atoms with Crippen LogP contribution in [0.5, 0.6) is 5.88 Å². The Hall–Kier alpha value is -1.51. The van der Waals surface area contributed by atoms with Gasteiger partial charge in [0.15, 0.2) is 0 Å². The molecule has 0 aromatic carbocycles. The predicted molar refractivity (Wildman–Crippen MR) is 55.7 cm³/mol. The topological polar surface area (TPSA) is 37.5 Å². The fraction of sp³-hybridized carbons (Fsp3) is 0.364. The van der Waals surface area contributed by atoms with Crippen LogP contribution in [0, 0.1) is 6.92 Å². The molecule has 0 bridgehead atoms. The number of rotatable bonds is 1. The smallest absolute Gasteiger partial charge is 0.229 e. The summed E-state index contributed by atoms with van der Waals surface area (Å²) >= 11 is 0. The molecular formula is C11H14N2O. The first-order chi connectivity index (χ1) is 6.59. The molecular weight excluding hydrogens is 176 g/mol. The number of aromatic nitrogens is 2. The Morgan fingerprint density at radius 2 is 2.07 bits per heavy atom. The van der Waals surface area contributed by atoms with Crippen molar-refractivity contribution in [3.63, 3.8) is 0 Å². The molecule has 74 valence electrons. The van der Waals surface area contributed by atoms with E-state index in [1.807, 2.05) is 10.6 Å². The summed E-state index contributed by atoms with van der Waals surface area (Å²) in [5.74, 6) is 0.474. The highest BCUT2D eigenvalue weighted by Crippen LogP contribution is 2.23. The van der Waals surface area contributed by atoms with Gasteiger partial charge in [0.1, 0.15) is 0 Å². The zero-order valence-electron chi connectivity index (χ0n) is 8.65. The van der Waals surface area contributed by atoms with Crippen LogP contribution in [0.1, 0.15) is 31.0 Å². The van der Waals surface area contributed by atoms with E-state index in [1.165, 1.54) is 5.56 Å². The molecule has 2 heterocycles. The summed E-state index contributed by atoms with van der Waals surface area (Å²) in [5.41, 5.74) is 3.41. The zero-order valence-corrected chi connectivity index (χ0v) is 8.65. The van der Waals surface area contributed by atoms with E-state index in [0.717, 1.165) is 11.2 Å². The van der Waals surface area contributed by atoms with Crippen LogP contribution in [0.2, 0.25) is 0 Å². The molecule has 2 aromatic rings. The van der Waals surface area contributed by atoms with E-state index in [0.29, 0.717) is 5.92 Å². The lowest BCUT2D eigenvalue weighted by Crippen LogP contribution is -2.00. The highest BCUT2D eigenvalue weighted by Gasteiger charge is 2.11. The van der Waals surface area contributed by atoms with Gasteiger partial charge in [-0.05, 0) is 30.5 Å². The lowest BCUT2D eigenvalue weighted by molar-refractivity contribution is 0.440. The summed E-state index contributed by atoms with van der Waals surface area (Å²) in [7, 11) is 0. The minimum Gasteiger partial charge on any atom is -0.492 e. The van der Waals surface area contributed by atoms with E-state index in [4.69, 9.17) is 0 Å². The van der Waals surface area contributed by atoms with Gasteiger partial charge >= 0.3 is 0 Å². The minimum absolute atomic E-state index is 0.0648. The molecule has 2 rings (SSSR count). The van der Waals surface area contributed by atoms with Crippen LogP contribution in [0.25, 0.3) is 5.52 Å². The van der Waals surface area contributed by atoms with Gasteiger partial charge in [0.05, 0.1) is 5.52 Å². The molecule has 3 heteroatoms. The number of hydrogen-bond acceptors (Lipinski definition) is 2. The Morgan fingerprint density at radius 1 is 1.36 bits per heavy atom. The number of fused-ring (bicyclic) bond motifs is 1. The summed E-state index contributed by atoms with van der Waals surface area (Å²) < 4.78 is 1.81. The Kier molecular flexibility index (Phi) is 1.95. The Labute approximate surface area is 83.0 Å². The van der Waals surface area contributed by atoms with Crippen molar-refractivity contribution >= 4 is 5.52 Å². The maximum absolute atomic E-state index is 9.31. The van der Waals surface area contributed by atoms with E-state index in [2.05, 4.69) is 31.9 Å². The maximum Gasteiger partial charge on any atom is 0.229 e. The summed E-state index contributed by atoms with van der Waals surface area (Å²) in [6, 6.07) is 5.57. The summed E-state index contributed by atoms with van der Waals surface area (Å²) in [6.07, 6.45) is 0. The average Bonchev–Trinajstić information content (AvgIpc) is 2.40. The van der Waals surface area contributed by atoms with Crippen molar-refractivity contribution in [2.24, 2.45) is 0 Å². The molecule has 0 saturated heterocycles. The third-order valence-corrected chi connectivity index (χ3v) is 2.39. The molecule has 0 aliphatic carbocycles. The first-order valence-corrected chi connectivity index (χ1v) is 4.78. The van der Waals surface area contributed by atoms with Gasteiger partial charge in [-0.1, -0.05) is 13.8 Å². The van der Waals surface area contributed by atoms with Gasteiger partial charge < -0.3 is 5.11 Å². The van der Waals surface area contributed by atoms with Crippen molar-refractivity contribution in [3.05, 3.63) is 29.5 Å². The third-order valence-electron chi connectivity index (χ3n) is 2.39. The predicted octanol–water partition coefficient (Wildman–Crippen LogP) is 2.47. The van der Waals surface area contributed by atoms with Crippen LogP contribution in [0.3, 0.4) is 0 Å².